The van der Waals surface area contributed by atoms with E-state index in [1.54, 1.807) is 6.07 Å². The van der Waals surface area contributed by atoms with Crippen molar-refractivity contribution in [2.45, 2.75) is 38.8 Å². The molecule has 106 valence electrons. The minimum absolute atomic E-state index is 0.0107. The van der Waals surface area contributed by atoms with Crippen LogP contribution in [0.15, 0.2) is 28.7 Å². The maximum Gasteiger partial charge on any atom is 0.371 e. The number of rotatable bonds is 5. The van der Waals surface area contributed by atoms with E-state index in [2.05, 4.69) is 19.2 Å². The van der Waals surface area contributed by atoms with Gasteiger partial charge in [-0.05, 0) is 56.4 Å². The molecule has 1 aliphatic rings. The van der Waals surface area contributed by atoms with Gasteiger partial charge >= 0.3 is 5.97 Å². The van der Waals surface area contributed by atoms with Crippen LogP contribution >= 0.6 is 0 Å². The lowest BCUT2D eigenvalue weighted by atomic mass is 9.98. The summed E-state index contributed by atoms with van der Waals surface area (Å²) in [6.07, 6.45) is 2.62. The van der Waals surface area contributed by atoms with Crippen molar-refractivity contribution in [3.05, 3.63) is 35.6 Å². The van der Waals surface area contributed by atoms with Crippen LogP contribution in [0.25, 0.3) is 11.0 Å². The number of furan rings is 1. The van der Waals surface area contributed by atoms with Crippen LogP contribution in [-0.4, -0.2) is 16.6 Å². The van der Waals surface area contributed by atoms with Crippen LogP contribution in [0.4, 0.5) is 0 Å². The molecule has 0 bridgehead atoms. The number of hydrogen-bond acceptors (Lipinski definition) is 3. The number of carboxylic acid groups (broad SMARTS) is 1. The zero-order valence-electron chi connectivity index (χ0n) is 11.8. The SMILES string of the molecule is CC(C)(NCc1ccc2oc(C(=O)O)cc2c1)C1CC1. The molecule has 2 N–H and O–H groups in total. The van der Waals surface area contributed by atoms with Crippen molar-refractivity contribution in [3.63, 3.8) is 0 Å². The fraction of sp³-hybridized carbons (Fsp3) is 0.438. The van der Waals surface area contributed by atoms with Gasteiger partial charge in [0.05, 0.1) is 0 Å². The normalized spacial score (nSPS) is 15.7. The molecule has 1 saturated carbocycles. The number of fused-ring (bicyclic) bond motifs is 1. The second-order valence-electron chi connectivity index (χ2n) is 6.14. The van der Waals surface area contributed by atoms with Crippen LogP contribution < -0.4 is 5.32 Å². The second-order valence-corrected chi connectivity index (χ2v) is 6.14. The Labute approximate surface area is 117 Å². The fourth-order valence-corrected chi connectivity index (χ4v) is 2.59. The minimum atomic E-state index is -1.03. The summed E-state index contributed by atoms with van der Waals surface area (Å²) in [4.78, 5) is 10.9. The molecule has 20 heavy (non-hydrogen) atoms. The van der Waals surface area contributed by atoms with Gasteiger partial charge in [-0.1, -0.05) is 6.07 Å². The average Bonchev–Trinajstić information content (AvgIpc) is 3.16. The van der Waals surface area contributed by atoms with Crippen molar-refractivity contribution in [3.8, 4) is 0 Å². The molecule has 4 nitrogen and oxygen atoms in total. The van der Waals surface area contributed by atoms with E-state index < -0.39 is 5.97 Å². The Bertz CT molecular complexity index is 653. The van der Waals surface area contributed by atoms with Gasteiger partial charge in [-0.3, -0.25) is 0 Å². The van der Waals surface area contributed by atoms with Crippen molar-refractivity contribution < 1.29 is 14.3 Å². The lowest BCUT2D eigenvalue weighted by Crippen LogP contribution is -2.40. The molecule has 1 aromatic heterocycles. The van der Waals surface area contributed by atoms with E-state index in [0.29, 0.717) is 5.58 Å². The quantitative estimate of drug-likeness (QED) is 0.876. The first-order valence-electron chi connectivity index (χ1n) is 6.96. The van der Waals surface area contributed by atoms with Crippen LogP contribution in [0.1, 0.15) is 42.8 Å². The molecule has 2 aromatic rings. The first-order chi connectivity index (χ1) is 9.45. The largest absolute Gasteiger partial charge is 0.475 e. The predicted octanol–water partition coefficient (Wildman–Crippen LogP) is 3.41. The number of nitrogens with one attached hydrogen (secondary N) is 1. The third-order valence-electron chi connectivity index (χ3n) is 4.14. The summed E-state index contributed by atoms with van der Waals surface area (Å²) in [5.41, 5.74) is 1.92. The fourth-order valence-electron chi connectivity index (χ4n) is 2.59. The van der Waals surface area contributed by atoms with Crippen LogP contribution in [0, 0.1) is 5.92 Å². The molecule has 0 atom stereocenters. The third-order valence-corrected chi connectivity index (χ3v) is 4.14. The van der Waals surface area contributed by atoms with E-state index in [9.17, 15) is 4.79 Å². The smallest absolute Gasteiger partial charge is 0.371 e. The first-order valence-corrected chi connectivity index (χ1v) is 6.96. The molecular weight excluding hydrogens is 254 g/mol. The number of aromatic carboxylic acids is 1. The van der Waals surface area contributed by atoms with E-state index in [0.717, 1.165) is 23.4 Å². The van der Waals surface area contributed by atoms with Crippen LogP contribution in [0.2, 0.25) is 0 Å². The standard InChI is InChI=1S/C16H19NO3/c1-16(2,12-4-5-12)17-9-10-3-6-13-11(7-10)8-14(20-13)15(18)19/h3,6-8,12,17H,4-5,9H2,1-2H3,(H,18,19). The molecule has 3 rings (SSSR count). The van der Waals surface area contributed by atoms with Crippen LogP contribution in [0.5, 0.6) is 0 Å². The van der Waals surface area contributed by atoms with E-state index in [1.807, 2.05) is 18.2 Å². The number of benzene rings is 1. The molecule has 0 aliphatic heterocycles. The van der Waals surface area contributed by atoms with Gasteiger partial charge in [-0.15, -0.1) is 0 Å². The highest BCUT2D eigenvalue weighted by atomic mass is 16.4. The summed E-state index contributed by atoms with van der Waals surface area (Å²) < 4.78 is 5.26. The van der Waals surface area contributed by atoms with Crippen molar-refractivity contribution in [1.29, 1.82) is 0 Å². The van der Waals surface area contributed by atoms with Gasteiger partial charge in [0.2, 0.25) is 5.76 Å². The summed E-state index contributed by atoms with van der Waals surface area (Å²) in [6.45, 7) is 5.26. The Balaban J connectivity index is 1.76. The van der Waals surface area contributed by atoms with Crippen molar-refractivity contribution in [2.24, 2.45) is 5.92 Å². The maximum atomic E-state index is 10.9. The number of carbonyl (C=O) groups is 1. The van der Waals surface area contributed by atoms with Gasteiger partial charge in [0, 0.05) is 17.5 Å². The van der Waals surface area contributed by atoms with E-state index >= 15 is 0 Å². The minimum Gasteiger partial charge on any atom is -0.475 e. The van der Waals surface area contributed by atoms with Gasteiger partial charge in [0.15, 0.2) is 0 Å². The Kier molecular flexibility index (Phi) is 3.05. The molecule has 0 radical (unpaired) electrons. The Hall–Kier alpha value is -1.81. The van der Waals surface area contributed by atoms with Gasteiger partial charge in [-0.2, -0.15) is 0 Å². The monoisotopic (exact) mass is 273 g/mol. The van der Waals surface area contributed by atoms with Crippen molar-refractivity contribution >= 4 is 16.9 Å². The zero-order valence-corrected chi connectivity index (χ0v) is 11.8. The molecule has 1 aromatic carbocycles. The maximum absolute atomic E-state index is 10.9. The lowest BCUT2D eigenvalue weighted by Gasteiger charge is -2.26. The number of hydrogen-bond donors (Lipinski definition) is 2. The van der Waals surface area contributed by atoms with Crippen molar-refractivity contribution in [2.75, 3.05) is 0 Å². The average molecular weight is 273 g/mol. The highest BCUT2D eigenvalue weighted by Crippen LogP contribution is 2.39. The molecule has 4 heteroatoms. The second kappa shape index (κ2) is 4.63. The Morgan fingerprint density at radius 3 is 2.80 bits per heavy atom. The molecule has 0 spiro atoms. The van der Waals surface area contributed by atoms with Crippen LogP contribution in [0.3, 0.4) is 0 Å². The summed E-state index contributed by atoms with van der Waals surface area (Å²) in [5, 5.41) is 13.4. The lowest BCUT2D eigenvalue weighted by molar-refractivity contribution is 0.0665. The molecule has 1 heterocycles. The van der Waals surface area contributed by atoms with Crippen LogP contribution in [-0.2, 0) is 6.54 Å². The van der Waals surface area contributed by atoms with Crippen molar-refractivity contribution in [1.82, 2.24) is 5.32 Å². The van der Waals surface area contributed by atoms with E-state index in [-0.39, 0.29) is 11.3 Å². The molecule has 1 fully saturated rings. The molecule has 0 saturated heterocycles. The van der Waals surface area contributed by atoms with Gasteiger partial charge in [0.25, 0.3) is 0 Å². The predicted molar refractivity (Wildman–Crippen MR) is 76.8 cm³/mol. The molecule has 0 amide bonds. The summed E-state index contributed by atoms with van der Waals surface area (Å²) in [6, 6.07) is 7.38. The highest BCUT2D eigenvalue weighted by molar-refractivity contribution is 5.91. The topological polar surface area (TPSA) is 62.5 Å². The van der Waals surface area contributed by atoms with Gasteiger partial charge < -0.3 is 14.8 Å². The zero-order chi connectivity index (χ0) is 14.3. The van der Waals surface area contributed by atoms with E-state index in [1.165, 1.54) is 12.8 Å². The van der Waals surface area contributed by atoms with Gasteiger partial charge in [0.1, 0.15) is 5.58 Å². The Morgan fingerprint density at radius 2 is 2.15 bits per heavy atom. The summed E-state index contributed by atoms with van der Waals surface area (Å²) >= 11 is 0. The van der Waals surface area contributed by atoms with E-state index in [4.69, 9.17) is 9.52 Å². The summed E-state index contributed by atoms with van der Waals surface area (Å²) in [7, 11) is 0. The third kappa shape index (κ3) is 2.56. The van der Waals surface area contributed by atoms with Gasteiger partial charge in [-0.25, -0.2) is 4.79 Å². The molecular formula is C16H19NO3. The summed E-state index contributed by atoms with van der Waals surface area (Å²) in [5.74, 6) is -0.266. The first kappa shape index (κ1) is 13.2. The Morgan fingerprint density at radius 1 is 1.40 bits per heavy atom. The number of carboxylic acids is 1. The molecule has 1 aliphatic carbocycles. The molecule has 0 unspecified atom stereocenters. The highest BCUT2D eigenvalue weighted by Gasteiger charge is 2.37.